The number of aromatic carboxylic acids is 1. The van der Waals surface area contributed by atoms with Crippen LogP contribution in [0.4, 0.5) is 5.69 Å². The number of nitrogens with zero attached hydrogens (tertiary/aromatic N) is 2. The molecular weight excluding hydrogens is 593 g/mol. The molecule has 1 aromatic rings. The molecule has 39 heavy (non-hydrogen) atoms. The van der Waals surface area contributed by atoms with Crippen LogP contribution in [0.25, 0.3) is 0 Å². The Morgan fingerprint density at radius 1 is 1.21 bits per heavy atom. The van der Waals surface area contributed by atoms with Gasteiger partial charge in [-0.25, -0.2) is 4.79 Å². The number of benzene rings is 1. The molecule has 1 N–H and O–H groups in total. The van der Waals surface area contributed by atoms with Gasteiger partial charge in [-0.15, -0.1) is 0 Å². The van der Waals surface area contributed by atoms with E-state index in [1.54, 1.807) is 42.7 Å². The Labute approximate surface area is 251 Å². The van der Waals surface area contributed by atoms with Crippen LogP contribution in [0.2, 0.25) is 0 Å². The van der Waals surface area contributed by atoms with Gasteiger partial charge in [-0.1, -0.05) is 81.0 Å². The van der Waals surface area contributed by atoms with Gasteiger partial charge in [-0.05, 0) is 18.6 Å². The zero-order chi connectivity index (χ0) is 28.3. The van der Waals surface area contributed by atoms with Crippen molar-refractivity contribution in [3.63, 3.8) is 0 Å². The summed E-state index contributed by atoms with van der Waals surface area (Å²) >= 11 is 11.3. The lowest BCUT2D eigenvalue weighted by Crippen LogP contribution is -2.32. The molecule has 3 aliphatic heterocycles. The molecule has 7 nitrogen and oxygen atoms in total. The SMILES string of the molecule is C=C1CSCC(C(=O)Oc2cc3c(cc2C(=O)O)N(CCCCCC)C(=C2SC(=S)N(C)C2=O)S3)C(C)SC1. The number of amides is 1. The van der Waals surface area contributed by atoms with Crippen LogP contribution in [-0.2, 0) is 9.59 Å². The van der Waals surface area contributed by atoms with Crippen molar-refractivity contribution < 1.29 is 24.2 Å². The first kappa shape index (κ1) is 30.4. The summed E-state index contributed by atoms with van der Waals surface area (Å²) < 4.78 is 6.30. The van der Waals surface area contributed by atoms with Gasteiger partial charge in [0, 0.05) is 41.0 Å². The van der Waals surface area contributed by atoms with Gasteiger partial charge in [0.15, 0.2) is 0 Å². The van der Waals surface area contributed by atoms with Crippen molar-refractivity contribution in [3.05, 3.63) is 39.8 Å². The molecular formula is C27H32N2O5S5. The highest BCUT2D eigenvalue weighted by Crippen LogP contribution is 2.52. The number of thiocarbonyl (C=S) groups is 1. The second-order valence-corrected chi connectivity index (χ2v) is 14.7. The predicted molar refractivity (Wildman–Crippen MR) is 168 cm³/mol. The van der Waals surface area contributed by atoms with E-state index in [0.717, 1.165) is 52.7 Å². The van der Waals surface area contributed by atoms with E-state index in [1.165, 1.54) is 28.4 Å². The average molecular weight is 625 g/mol. The molecule has 2 saturated heterocycles. The molecule has 12 heteroatoms. The van der Waals surface area contributed by atoms with E-state index in [-0.39, 0.29) is 28.4 Å². The number of ether oxygens (including phenoxy) is 1. The maximum Gasteiger partial charge on any atom is 0.339 e. The van der Waals surface area contributed by atoms with Crippen LogP contribution in [0.1, 0.15) is 49.9 Å². The highest BCUT2D eigenvalue weighted by molar-refractivity contribution is 8.27. The van der Waals surface area contributed by atoms with Crippen molar-refractivity contribution in [1.29, 1.82) is 0 Å². The summed E-state index contributed by atoms with van der Waals surface area (Å²) in [5.41, 5.74) is 1.77. The van der Waals surface area contributed by atoms with Crippen molar-refractivity contribution in [2.45, 2.75) is 49.7 Å². The Hall–Kier alpha value is -1.60. The van der Waals surface area contributed by atoms with Crippen molar-refractivity contribution in [1.82, 2.24) is 4.90 Å². The first-order valence-electron chi connectivity index (χ1n) is 12.8. The number of carboxylic acid groups (broad SMARTS) is 1. The molecule has 0 aromatic heterocycles. The van der Waals surface area contributed by atoms with Gasteiger partial charge in [-0.3, -0.25) is 14.5 Å². The minimum absolute atomic E-state index is 0.0142. The number of carboxylic acids is 1. The van der Waals surface area contributed by atoms with Crippen LogP contribution in [0, 0.1) is 5.92 Å². The summed E-state index contributed by atoms with van der Waals surface area (Å²) in [5, 5.41) is 10.8. The number of hydrogen-bond donors (Lipinski definition) is 1. The van der Waals surface area contributed by atoms with Gasteiger partial charge in [0.25, 0.3) is 5.91 Å². The minimum Gasteiger partial charge on any atom is -0.478 e. The molecule has 0 saturated carbocycles. The van der Waals surface area contributed by atoms with Gasteiger partial charge < -0.3 is 14.7 Å². The Kier molecular flexibility index (Phi) is 10.4. The molecule has 3 aliphatic rings. The third-order valence-corrected chi connectivity index (χ3v) is 12.1. The molecule has 0 radical (unpaired) electrons. The fraction of sp³-hybridized carbons (Fsp3) is 0.481. The summed E-state index contributed by atoms with van der Waals surface area (Å²) in [4.78, 5) is 43.4. The van der Waals surface area contributed by atoms with E-state index in [4.69, 9.17) is 17.0 Å². The number of rotatable bonds is 8. The first-order chi connectivity index (χ1) is 18.6. The molecule has 1 aromatic carbocycles. The summed E-state index contributed by atoms with van der Waals surface area (Å²) in [7, 11) is 1.66. The Morgan fingerprint density at radius 2 is 1.97 bits per heavy atom. The standard InChI is InChI=1S/C27H32N2O5S5/c1-5-6-7-8-9-29-19-10-17(25(31)32)20(34-26(33)18-14-36-12-15(2)13-37-16(18)3)11-21(19)38-24(29)22-23(30)28(4)27(35)39-22/h10-11,16,18H,2,5-9,12-14H2,1,3-4H3,(H,31,32). The van der Waals surface area contributed by atoms with Gasteiger partial charge in [0.05, 0.1) is 11.6 Å². The van der Waals surface area contributed by atoms with E-state index < -0.39 is 11.9 Å². The smallest absolute Gasteiger partial charge is 0.339 e. The fourth-order valence-corrected chi connectivity index (χ4v) is 9.34. The van der Waals surface area contributed by atoms with Crippen molar-refractivity contribution >= 4 is 87.1 Å². The highest BCUT2D eigenvalue weighted by Gasteiger charge is 2.39. The lowest BCUT2D eigenvalue weighted by atomic mass is 10.1. The molecule has 0 aliphatic carbocycles. The van der Waals surface area contributed by atoms with Crippen LogP contribution < -0.4 is 9.64 Å². The molecule has 4 rings (SSSR count). The molecule has 3 heterocycles. The Morgan fingerprint density at radius 3 is 2.64 bits per heavy atom. The Balaban J connectivity index is 1.67. The zero-order valence-electron chi connectivity index (χ0n) is 22.2. The maximum absolute atomic E-state index is 13.3. The van der Waals surface area contributed by atoms with Crippen molar-refractivity contribution in [2.75, 3.05) is 35.8 Å². The van der Waals surface area contributed by atoms with E-state index >= 15 is 0 Å². The highest BCUT2D eigenvalue weighted by atomic mass is 32.2. The van der Waals surface area contributed by atoms with Gasteiger partial charge in [0.2, 0.25) is 0 Å². The number of esters is 1. The second-order valence-electron chi connectivity index (χ2n) is 9.61. The summed E-state index contributed by atoms with van der Waals surface area (Å²) in [6, 6.07) is 3.21. The normalized spacial score (nSPS) is 23.6. The summed E-state index contributed by atoms with van der Waals surface area (Å²) in [6.45, 7) is 8.85. The molecule has 2 atom stereocenters. The van der Waals surface area contributed by atoms with Crippen molar-refractivity contribution in [3.8, 4) is 5.75 Å². The average Bonchev–Trinajstić information content (AvgIpc) is 3.37. The predicted octanol–water partition coefficient (Wildman–Crippen LogP) is 6.48. The molecule has 2 unspecified atom stereocenters. The van der Waals surface area contributed by atoms with Gasteiger partial charge in [0.1, 0.15) is 25.6 Å². The van der Waals surface area contributed by atoms with Crippen LogP contribution in [0.3, 0.4) is 0 Å². The summed E-state index contributed by atoms with van der Waals surface area (Å²) in [5.74, 6) is 0.0621. The van der Waals surface area contributed by atoms with E-state index in [2.05, 4.69) is 13.5 Å². The lowest BCUT2D eigenvalue weighted by molar-refractivity contribution is -0.138. The van der Waals surface area contributed by atoms with Crippen LogP contribution in [0.5, 0.6) is 5.75 Å². The quantitative estimate of drug-likeness (QED) is 0.0861. The minimum atomic E-state index is -1.17. The monoisotopic (exact) mass is 624 g/mol. The molecule has 0 spiro atoms. The Bertz CT molecular complexity index is 1230. The number of thioether (sulfide) groups is 4. The largest absolute Gasteiger partial charge is 0.478 e. The third kappa shape index (κ3) is 6.83. The number of unbranched alkanes of at least 4 members (excludes halogenated alkanes) is 3. The number of fused-ring (bicyclic) bond motifs is 1. The summed E-state index contributed by atoms with van der Waals surface area (Å²) in [6.07, 6.45) is 4.11. The van der Waals surface area contributed by atoms with Gasteiger partial charge in [-0.2, -0.15) is 23.5 Å². The lowest BCUT2D eigenvalue weighted by Gasteiger charge is -2.25. The number of carbonyl (C=O) groups is 3. The molecule has 1 amide bonds. The van der Waals surface area contributed by atoms with Crippen LogP contribution in [-0.4, -0.2) is 68.3 Å². The fourth-order valence-electron chi connectivity index (χ4n) is 4.34. The third-order valence-electron chi connectivity index (χ3n) is 6.66. The van der Waals surface area contributed by atoms with E-state index in [1.807, 2.05) is 11.8 Å². The van der Waals surface area contributed by atoms with Gasteiger partial charge >= 0.3 is 11.9 Å². The van der Waals surface area contributed by atoms with Crippen molar-refractivity contribution in [2.24, 2.45) is 5.92 Å². The number of carbonyl (C=O) groups excluding carboxylic acids is 2. The molecule has 2 fully saturated rings. The van der Waals surface area contributed by atoms with Crippen LogP contribution >= 0.6 is 59.3 Å². The van der Waals surface area contributed by atoms with E-state index in [9.17, 15) is 19.5 Å². The first-order valence-corrected chi connectivity index (χ1v) is 17.0. The zero-order valence-corrected chi connectivity index (χ0v) is 26.3. The number of hydrogen-bond acceptors (Lipinski definition) is 10. The number of anilines is 1. The second kappa shape index (κ2) is 13.4. The topological polar surface area (TPSA) is 87.2 Å². The van der Waals surface area contributed by atoms with E-state index in [0.29, 0.717) is 27.2 Å². The molecule has 210 valence electrons. The maximum atomic E-state index is 13.3. The van der Waals surface area contributed by atoms with Crippen LogP contribution in [0.15, 0.2) is 39.1 Å². The number of likely N-dealkylation sites (N-methyl/N-ethyl adjacent to an activating group) is 1. The molecule has 0 bridgehead atoms.